The fraction of sp³-hybridized carbons (Fsp3) is 0.200. The van der Waals surface area contributed by atoms with Crippen LogP contribution in [0.25, 0.3) is 0 Å². The van der Waals surface area contributed by atoms with E-state index in [-0.39, 0.29) is 12.2 Å². The van der Waals surface area contributed by atoms with Crippen LogP contribution in [0, 0.1) is 0 Å². The van der Waals surface area contributed by atoms with Gasteiger partial charge in [-0.05, 0) is 24.1 Å². The third kappa shape index (κ3) is 3.58. The molecule has 1 aromatic rings. The highest BCUT2D eigenvalue weighted by molar-refractivity contribution is 5.96. The van der Waals surface area contributed by atoms with Gasteiger partial charge in [-0.3, -0.25) is 10.1 Å². The highest BCUT2D eigenvalue weighted by Gasteiger charge is 2.15. The van der Waals surface area contributed by atoms with Crippen LogP contribution in [0.5, 0.6) is 5.75 Å². The van der Waals surface area contributed by atoms with Crippen molar-refractivity contribution in [1.82, 2.24) is 5.32 Å². The number of phenolic OH excluding ortho intramolecular Hbond substituents is 1. The number of rotatable bonds is 3. The Kier molecular flexibility index (Phi) is 3.84. The minimum atomic E-state index is -0.925. The summed E-state index contributed by atoms with van der Waals surface area (Å²) in [5, 5.41) is 10.9. The van der Waals surface area contributed by atoms with E-state index in [0.29, 0.717) is 0 Å². The lowest BCUT2D eigenvalue weighted by Crippen LogP contribution is -2.46. The number of nitrogens with two attached hydrogens (primary N) is 2. The van der Waals surface area contributed by atoms with Crippen LogP contribution < -0.4 is 16.8 Å². The Hall–Kier alpha value is -2.08. The second-order valence-electron chi connectivity index (χ2n) is 3.33. The number of nitrogens with one attached hydrogen (secondary N) is 1. The SMILES string of the molecule is NC(=O)NC(=O)[C@@H](N)Cc1ccc(O)cc1. The van der Waals surface area contributed by atoms with Gasteiger partial charge in [0, 0.05) is 0 Å². The summed E-state index contributed by atoms with van der Waals surface area (Å²) in [6.07, 6.45) is 0.263. The van der Waals surface area contributed by atoms with Crippen LogP contribution in [-0.2, 0) is 11.2 Å². The maximum absolute atomic E-state index is 11.2. The Morgan fingerprint density at radius 1 is 1.31 bits per heavy atom. The Bertz CT molecular complexity index is 389. The first kappa shape index (κ1) is 12.0. The van der Waals surface area contributed by atoms with Gasteiger partial charge in [-0.25, -0.2) is 4.79 Å². The van der Waals surface area contributed by atoms with Crippen molar-refractivity contribution in [3.05, 3.63) is 29.8 Å². The fourth-order valence-electron chi connectivity index (χ4n) is 1.19. The quantitative estimate of drug-likeness (QED) is 0.550. The zero-order valence-electron chi connectivity index (χ0n) is 8.51. The minimum absolute atomic E-state index is 0.138. The molecule has 3 amide bonds. The smallest absolute Gasteiger partial charge is 0.318 e. The van der Waals surface area contributed by atoms with Gasteiger partial charge in [-0.1, -0.05) is 12.1 Å². The molecule has 0 saturated heterocycles. The van der Waals surface area contributed by atoms with E-state index in [4.69, 9.17) is 16.6 Å². The summed E-state index contributed by atoms with van der Waals surface area (Å²) >= 11 is 0. The number of hydrogen-bond donors (Lipinski definition) is 4. The maximum Gasteiger partial charge on any atom is 0.318 e. The average molecular weight is 223 g/mol. The number of carbonyl (C=O) groups excluding carboxylic acids is 2. The molecule has 0 unspecified atom stereocenters. The average Bonchev–Trinajstić information content (AvgIpc) is 2.20. The zero-order chi connectivity index (χ0) is 12.1. The number of phenols is 1. The largest absolute Gasteiger partial charge is 0.508 e. The first-order valence-corrected chi connectivity index (χ1v) is 4.63. The van der Waals surface area contributed by atoms with E-state index in [1.807, 2.05) is 5.32 Å². The summed E-state index contributed by atoms with van der Waals surface area (Å²) in [5.41, 5.74) is 11.1. The van der Waals surface area contributed by atoms with E-state index in [2.05, 4.69) is 0 Å². The van der Waals surface area contributed by atoms with Gasteiger partial charge >= 0.3 is 6.03 Å². The molecule has 6 N–H and O–H groups in total. The molecule has 6 heteroatoms. The molecule has 0 heterocycles. The lowest BCUT2D eigenvalue weighted by molar-refractivity contribution is -0.121. The highest BCUT2D eigenvalue weighted by atomic mass is 16.3. The van der Waals surface area contributed by atoms with E-state index in [0.717, 1.165) is 5.56 Å². The van der Waals surface area contributed by atoms with Crippen molar-refractivity contribution in [2.45, 2.75) is 12.5 Å². The number of benzene rings is 1. The summed E-state index contributed by atoms with van der Waals surface area (Å²) in [6.45, 7) is 0. The van der Waals surface area contributed by atoms with Crippen molar-refractivity contribution in [3.63, 3.8) is 0 Å². The Morgan fingerprint density at radius 3 is 2.38 bits per heavy atom. The molecule has 16 heavy (non-hydrogen) atoms. The standard InChI is InChI=1S/C10H13N3O3/c11-8(9(15)13-10(12)16)5-6-1-3-7(14)4-2-6/h1-4,8,14H,5,11H2,(H3,12,13,15,16)/t8-/m0/s1. The predicted octanol–water partition coefficient (Wildman–Crippen LogP) is -0.543. The van der Waals surface area contributed by atoms with Crippen LogP contribution in [-0.4, -0.2) is 23.1 Å². The molecule has 86 valence electrons. The van der Waals surface area contributed by atoms with Crippen molar-refractivity contribution in [1.29, 1.82) is 0 Å². The molecule has 0 aromatic heterocycles. The molecule has 1 rings (SSSR count). The Morgan fingerprint density at radius 2 is 1.88 bits per heavy atom. The first-order valence-electron chi connectivity index (χ1n) is 4.63. The van der Waals surface area contributed by atoms with Crippen molar-refractivity contribution in [2.75, 3.05) is 0 Å². The van der Waals surface area contributed by atoms with Crippen LogP contribution in [0.15, 0.2) is 24.3 Å². The number of hydrogen-bond acceptors (Lipinski definition) is 4. The van der Waals surface area contributed by atoms with Crippen molar-refractivity contribution >= 4 is 11.9 Å². The summed E-state index contributed by atoms with van der Waals surface area (Å²) in [7, 11) is 0. The van der Waals surface area contributed by atoms with Crippen LogP contribution in [0.3, 0.4) is 0 Å². The molecule has 0 aliphatic rings. The van der Waals surface area contributed by atoms with E-state index in [9.17, 15) is 9.59 Å². The lowest BCUT2D eigenvalue weighted by atomic mass is 10.1. The molecule has 1 atom stereocenters. The third-order valence-corrected chi connectivity index (χ3v) is 1.98. The molecule has 0 saturated carbocycles. The van der Waals surface area contributed by atoms with Gasteiger partial charge in [0.15, 0.2) is 0 Å². The van der Waals surface area contributed by atoms with Crippen molar-refractivity contribution < 1.29 is 14.7 Å². The predicted molar refractivity (Wildman–Crippen MR) is 57.5 cm³/mol. The number of aromatic hydroxyl groups is 1. The molecule has 0 bridgehead atoms. The van der Waals surface area contributed by atoms with E-state index in [1.54, 1.807) is 12.1 Å². The van der Waals surface area contributed by atoms with Gasteiger partial charge in [0.25, 0.3) is 0 Å². The van der Waals surface area contributed by atoms with Gasteiger partial charge in [-0.2, -0.15) is 0 Å². The van der Waals surface area contributed by atoms with Crippen molar-refractivity contribution in [3.8, 4) is 5.75 Å². The molecule has 0 spiro atoms. The second kappa shape index (κ2) is 5.13. The lowest BCUT2D eigenvalue weighted by Gasteiger charge is -2.10. The fourth-order valence-corrected chi connectivity index (χ4v) is 1.19. The number of carbonyl (C=O) groups is 2. The summed E-state index contributed by atoms with van der Waals surface area (Å²) in [5.74, 6) is -0.487. The van der Waals surface area contributed by atoms with Gasteiger partial charge in [0.05, 0.1) is 6.04 Å². The maximum atomic E-state index is 11.2. The third-order valence-electron chi connectivity index (χ3n) is 1.98. The highest BCUT2D eigenvalue weighted by Crippen LogP contribution is 2.10. The number of imide groups is 1. The van der Waals surface area contributed by atoms with Gasteiger partial charge in [0.2, 0.25) is 5.91 Å². The molecule has 0 aliphatic heterocycles. The summed E-state index contributed by atoms with van der Waals surface area (Å²) < 4.78 is 0. The van der Waals surface area contributed by atoms with Crippen molar-refractivity contribution in [2.24, 2.45) is 11.5 Å². The molecule has 1 aromatic carbocycles. The van der Waals surface area contributed by atoms with Crippen LogP contribution in [0.4, 0.5) is 4.79 Å². The second-order valence-corrected chi connectivity index (χ2v) is 3.33. The normalized spacial score (nSPS) is 11.8. The number of amides is 3. The zero-order valence-corrected chi connectivity index (χ0v) is 8.51. The van der Waals surface area contributed by atoms with Crippen LogP contribution >= 0.6 is 0 Å². The van der Waals surface area contributed by atoms with E-state index >= 15 is 0 Å². The molecular weight excluding hydrogens is 210 g/mol. The van der Waals surface area contributed by atoms with Gasteiger partial charge < -0.3 is 16.6 Å². The van der Waals surface area contributed by atoms with Crippen LogP contribution in [0.2, 0.25) is 0 Å². The van der Waals surface area contributed by atoms with E-state index in [1.165, 1.54) is 12.1 Å². The van der Waals surface area contributed by atoms with Crippen LogP contribution in [0.1, 0.15) is 5.56 Å². The molecule has 0 radical (unpaired) electrons. The Balaban J connectivity index is 2.57. The van der Waals surface area contributed by atoms with E-state index < -0.39 is 18.0 Å². The molecular formula is C10H13N3O3. The molecule has 0 aliphatic carbocycles. The monoisotopic (exact) mass is 223 g/mol. The summed E-state index contributed by atoms with van der Waals surface area (Å²) in [4.78, 5) is 21.7. The first-order chi connectivity index (χ1) is 7.49. The number of primary amides is 1. The minimum Gasteiger partial charge on any atom is -0.508 e. The molecule has 6 nitrogen and oxygen atoms in total. The summed E-state index contributed by atoms with van der Waals surface area (Å²) in [6, 6.07) is 4.50. The Labute approximate surface area is 92.2 Å². The topological polar surface area (TPSA) is 118 Å². The number of urea groups is 1. The molecule has 0 fully saturated rings. The van der Waals surface area contributed by atoms with Gasteiger partial charge in [-0.15, -0.1) is 0 Å². The van der Waals surface area contributed by atoms with Gasteiger partial charge in [0.1, 0.15) is 5.75 Å².